The molecule has 37 heavy (non-hydrogen) atoms. The van der Waals surface area contributed by atoms with E-state index in [4.69, 9.17) is 16.2 Å². The molecule has 0 saturated carbocycles. The van der Waals surface area contributed by atoms with Gasteiger partial charge in [0.25, 0.3) is 0 Å². The lowest BCUT2D eigenvalue weighted by atomic mass is 9.81. The number of hydrogen-bond donors (Lipinski definition) is 3. The molecule has 5 N–H and O–H groups in total. The van der Waals surface area contributed by atoms with Crippen LogP contribution in [-0.4, -0.2) is 59.0 Å². The molecule has 194 valence electrons. The van der Waals surface area contributed by atoms with Gasteiger partial charge in [0.05, 0.1) is 11.2 Å². The summed E-state index contributed by atoms with van der Waals surface area (Å²) >= 11 is 0. The number of carbonyl (C=O) groups is 1. The summed E-state index contributed by atoms with van der Waals surface area (Å²) in [5.74, 6) is 2.50. The Labute approximate surface area is 218 Å². The molecular weight excluding hydrogens is 464 g/mol. The Hall–Kier alpha value is -3.62. The second kappa shape index (κ2) is 10.4. The highest BCUT2D eigenvalue weighted by Crippen LogP contribution is 2.33. The minimum atomic E-state index is -0.461. The zero-order valence-corrected chi connectivity index (χ0v) is 21.6. The number of nitrogen functional groups attached to an aromatic ring is 1. The molecule has 0 radical (unpaired) electrons. The summed E-state index contributed by atoms with van der Waals surface area (Å²) in [7, 11) is 1.97. The van der Waals surface area contributed by atoms with Gasteiger partial charge in [0, 0.05) is 31.5 Å². The van der Waals surface area contributed by atoms with Crippen LogP contribution in [0, 0.1) is 5.92 Å². The van der Waals surface area contributed by atoms with Gasteiger partial charge in [0.2, 0.25) is 5.91 Å². The fourth-order valence-corrected chi connectivity index (χ4v) is 5.70. The van der Waals surface area contributed by atoms with Crippen LogP contribution in [0.3, 0.4) is 0 Å². The number of nitrogens with one attached hydrogen (secondary N) is 1. The maximum atomic E-state index is 13.3. The Morgan fingerprint density at radius 2 is 1.86 bits per heavy atom. The molecule has 0 spiro atoms. The maximum Gasteiger partial charge on any atom is 0.241 e. The minimum absolute atomic E-state index is 0.147. The van der Waals surface area contributed by atoms with Crippen molar-refractivity contribution in [3.8, 4) is 11.5 Å². The number of likely N-dealkylation sites (N-methyl/N-ethyl adjacent to an activating group) is 1. The molecule has 0 bridgehead atoms. The van der Waals surface area contributed by atoms with Gasteiger partial charge in [-0.3, -0.25) is 9.69 Å². The van der Waals surface area contributed by atoms with Gasteiger partial charge in [0.1, 0.15) is 23.4 Å². The van der Waals surface area contributed by atoms with E-state index in [-0.39, 0.29) is 11.9 Å². The number of piperidine rings is 1. The summed E-state index contributed by atoms with van der Waals surface area (Å²) in [4.78, 5) is 21.6. The number of ether oxygens (including phenoxy) is 1. The third kappa shape index (κ3) is 5.55. The highest BCUT2D eigenvalue weighted by atomic mass is 16.5. The van der Waals surface area contributed by atoms with E-state index < -0.39 is 5.54 Å². The topological polar surface area (TPSA) is 110 Å². The van der Waals surface area contributed by atoms with Crippen molar-refractivity contribution in [2.75, 3.05) is 37.7 Å². The summed E-state index contributed by atoms with van der Waals surface area (Å²) in [6.45, 7) is 4.23. The Morgan fingerprint density at radius 3 is 2.57 bits per heavy atom. The lowest BCUT2D eigenvalue weighted by molar-refractivity contribution is -0.148. The third-order valence-electron chi connectivity index (χ3n) is 7.40. The number of hydrogen-bond acceptors (Lipinski definition) is 7. The second-order valence-electron chi connectivity index (χ2n) is 10.6. The number of pyridine rings is 1. The quantitative estimate of drug-likeness (QED) is 0.450. The van der Waals surface area contributed by atoms with Crippen molar-refractivity contribution in [1.29, 1.82) is 0 Å². The molecule has 3 heterocycles. The predicted molar refractivity (Wildman–Crippen MR) is 147 cm³/mol. The number of carbonyl (C=O) groups excluding carboxylic acids is 1. The molecule has 0 aliphatic carbocycles. The van der Waals surface area contributed by atoms with Crippen molar-refractivity contribution in [1.82, 2.24) is 14.8 Å². The average Bonchev–Trinajstić information content (AvgIpc) is 2.87. The van der Waals surface area contributed by atoms with Crippen LogP contribution in [0.15, 0.2) is 66.9 Å². The average molecular weight is 501 g/mol. The lowest BCUT2D eigenvalue weighted by Crippen LogP contribution is -2.76. The summed E-state index contributed by atoms with van der Waals surface area (Å²) in [6, 6.07) is 19.3. The van der Waals surface area contributed by atoms with Crippen LogP contribution in [0.1, 0.15) is 25.3 Å². The van der Waals surface area contributed by atoms with Gasteiger partial charge in [-0.15, -0.1) is 0 Å². The molecule has 5 rings (SSSR count). The number of aromatic nitrogens is 1. The van der Waals surface area contributed by atoms with E-state index in [1.54, 1.807) is 6.20 Å². The second-order valence-corrected chi connectivity index (χ2v) is 10.6. The van der Waals surface area contributed by atoms with E-state index in [9.17, 15) is 4.79 Å². The van der Waals surface area contributed by atoms with Crippen molar-refractivity contribution >= 4 is 23.1 Å². The molecule has 2 aliphatic heterocycles. The highest BCUT2D eigenvalue weighted by molar-refractivity contribution is 5.85. The van der Waals surface area contributed by atoms with Gasteiger partial charge in [0.15, 0.2) is 0 Å². The van der Waals surface area contributed by atoms with Gasteiger partial charge in [-0.05, 0) is 87.2 Å². The van der Waals surface area contributed by atoms with Gasteiger partial charge < -0.3 is 26.4 Å². The van der Waals surface area contributed by atoms with Gasteiger partial charge >= 0.3 is 0 Å². The first-order chi connectivity index (χ1) is 17.8. The van der Waals surface area contributed by atoms with Crippen molar-refractivity contribution in [3.63, 3.8) is 0 Å². The van der Waals surface area contributed by atoms with E-state index in [0.717, 1.165) is 67.3 Å². The van der Waals surface area contributed by atoms with E-state index in [2.05, 4.69) is 10.3 Å². The highest BCUT2D eigenvalue weighted by Gasteiger charge is 2.50. The van der Waals surface area contributed by atoms with E-state index >= 15 is 0 Å². The number of nitrogens with zero attached hydrogens (tertiary/aromatic N) is 3. The van der Waals surface area contributed by atoms with Crippen LogP contribution >= 0.6 is 0 Å². The minimum Gasteiger partial charge on any atom is -0.457 e. The van der Waals surface area contributed by atoms with Crippen molar-refractivity contribution in [2.24, 2.45) is 11.7 Å². The van der Waals surface area contributed by atoms with Crippen molar-refractivity contribution < 1.29 is 9.53 Å². The number of amides is 1. The van der Waals surface area contributed by atoms with Gasteiger partial charge in [-0.25, -0.2) is 4.98 Å². The molecule has 2 aliphatic rings. The Kier molecular flexibility index (Phi) is 7.04. The zero-order chi connectivity index (χ0) is 26.0. The molecule has 3 aromatic rings. The number of para-hydroxylation sites is 1. The van der Waals surface area contributed by atoms with Crippen LogP contribution < -0.4 is 21.5 Å². The first-order valence-corrected chi connectivity index (χ1v) is 12.9. The Morgan fingerprint density at radius 1 is 1.14 bits per heavy atom. The predicted octanol–water partition coefficient (Wildman–Crippen LogP) is 4.01. The fourth-order valence-electron chi connectivity index (χ4n) is 5.70. The first-order valence-electron chi connectivity index (χ1n) is 12.9. The summed E-state index contributed by atoms with van der Waals surface area (Å²) < 4.78 is 5.90. The third-order valence-corrected chi connectivity index (χ3v) is 7.40. The van der Waals surface area contributed by atoms with Crippen LogP contribution in [0.25, 0.3) is 0 Å². The molecule has 1 amide bonds. The maximum absolute atomic E-state index is 13.3. The molecule has 2 saturated heterocycles. The molecule has 2 aromatic carbocycles. The van der Waals surface area contributed by atoms with E-state index in [0.29, 0.717) is 11.7 Å². The van der Waals surface area contributed by atoms with E-state index in [1.807, 2.05) is 84.4 Å². The molecular formula is C29H36N6O2. The molecule has 3 atom stereocenters. The van der Waals surface area contributed by atoms with Gasteiger partial charge in [-0.2, -0.15) is 0 Å². The number of likely N-dealkylation sites (tertiary alicyclic amines) is 2. The van der Waals surface area contributed by atoms with Gasteiger partial charge in [-0.1, -0.05) is 18.2 Å². The monoisotopic (exact) mass is 500 g/mol. The molecule has 1 aromatic heterocycles. The Balaban J connectivity index is 1.26. The fraction of sp³-hybridized carbons (Fsp3) is 0.379. The first kappa shape index (κ1) is 25.0. The van der Waals surface area contributed by atoms with Crippen molar-refractivity contribution in [3.05, 3.63) is 72.4 Å². The summed E-state index contributed by atoms with van der Waals surface area (Å²) in [5, 5.41) is 3.46. The molecule has 8 nitrogen and oxygen atoms in total. The number of nitrogens with two attached hydrogens (primary N) is 2. The van der Waals surface area contributed by atoms with Crippen LogP contribution in [0.4, 0.5) is 17.2 Å². The lowest BCUT2D eigenvalue weighted by Gasteiger charge is -2.52. The largest absolute Gasteiger partial charge is 0.457 e. The number of rotatable bonds is 7. The summed E-state index contributed by atoms with van der Waals surface area (Å²) in [5.41, 5.74) is 15.0. The van der Waals surface area contributed by atoms with Crippen LogP contribution in [0.5, 0.6) is 11.5 Å². The van der Waals surface area contributed by atoms with Crippen LogP contribution in [-0.2, 0) is 11.2 Å². The molecule has 2 unspecified atom stereocenters. The SMILES string of the molecule is CN1CC(C)(N)C1C(=O)N1CCC[C@@H](Cc2ccnc(N)c2Nc2ccc(Oc3ccccc3)cc2)C1. The normalized spacial score (nSPS) is 23.8. The number of anilines is 3. The molecule has 2 fully saturated rings. The van der Waals surface area contributed by atoms with E-state index in [1.165, 1.54) is 0 Å². The number of benzene rings is 2. The van der Waals surface area contributed by atoms with Crippen LogP contribution in [0.2, 0.25) is 0 Å². The Bertz CT molecular complexity index is 1230. The smallest absolute Gasteiger partial charge is 0.241 e. The zero-order valence-electron chi connectivity index (χ0n) is 21.6. The molecule has 8 heteroatoms. The summed E-state index contributed by atoms with van der Waals surface area (Å²) in [6.07, 6.45) is 4.62. The van der Waals surface area contributed by atoms with Crippen molar-refractivity contribution in [2.45, 2.75) is 37.8 Å². The standard InChI is InChI=1S/C29H36N6O2/c1-29(31)19-34(2)26(29)28(36)35-16-6-7-20(18-35)17-21-14-15-32-27(30)25(21)33-22-10-12-24(13-11-22)37-23-8-4-3-5-9-23/h3-5,8-15,20,26,33H,6-7,16-19,31H2,1-2H3,(H2,30,32)/t20-,26?,29?/m0/s1.